The van der Waals surface area contributed by atoms with Crippen LogP contribution in [0.25, 0.3) is 0 Å². The molecule has 0 bridgehead atoms. The molecule has 6 heteroatoms. The summed E-state index contributed by atoms with van der Waals surface area (Å²) in [4.78, 5) is 11.3. The van der Waals surface area contributed by atoms with E-state index in [0.717, 1.165) is 0 Å². The summed E-state index contributed by atoms with van der Waals surface area (Å²) in [6, 6.07) is 0. The van der Waals surface area contributed by atoms with Gasteiger partial charge in [-0.05, 0) is 0 Å². The van der Waals surface area contributed by atoms with Gasteiger partial charge in [-0.2, -0.15) is 0 Å². The lowest BCUT2D eigenvalue weighted by atomic mass is 10.0. The van der Waals surface area contributed by atoms with E-state index >= 15 is 0 Å². The highest BCUT2D eigenvalue weighted by atomic mass is 16.5. The average Bonchev–Trinajstić information content (AvgIpc) is 2.66. The van der Waals surface area contributed by atoms with Crippen LogP contribution in [0.5, 0.6) is 0 Å². The van der Waals surface area contributed by atoms with Crippen LogP contribution in [0.15, 0.2) is 0 Å². The number of carbonyl (C=O) groups is 1. The second kappa shape index (κ2) is 6.80. The number of ether oxygens (including phenoxy) is 2. The Morgan fingerprint density at radius 3 is 3.06 bits per heavy atom. The molecule has 6 nitrogen and oxygen atoms in total. The van der Waals surface area contributed by atoms with Gasteiger partial charge in [-0.3, -0.25) is 4.79 Å². The van der Waals surface area contributed by atoms with Crippen LogP contribution in [0.4, 0.5) is 0 Å². The topological polar surface area (TPSA) is 79.8 Å². The third-order valence-corrected chi connectivity index (χ3v) is 2.45. The molecule has 94 valence electrons. The largest absolute Gasteiger partial charge is 0.386 e. The van der Waals surface area contributed by atoms with Crippen LogP contribution in [0, 0.1) is 0 Å². The smallest absolute Gasteiger partial charge is 0.234 e. The van der Waals surface area contributed by atoms with Gasteiger partial charge in [-0.1, -0.05) is 0 Å². The second-order valence-corrected chi connectivity index (χ2v) is 3.97. The Bertz CT molecular complexity index is 217. The number of hydrogen-bond donors (Lipinski definition) is 3. The van der Waals surface area contributed by atoms with Gasteiger partial charge in [0.15, 0.2) is 0 Å². The molecule has 0 radical (unpaired) electrons. The summed E-state index contributed by atoms with van der Waals surface area (Å²) in [5.41, 5.74) is -0.813. The predicted octanol–water partition coefficient (Wildman–Crippen LogP) is -1.51. The molecule has 0 saturated carbocycles. The van der Waals surface area contributed by atoms with Crippen LogP contribution in [-0.4, -0.2) is 63.2 Å². The molecule has 1 aliphatic rings. The first-order valence-electron chi connectivity index (χ1n) is 5.43. The van der Waals surface area contributed by atoms with Crippen molar-refractivity contribution in [3.8, 4) is 0 Å². The summed E-state index contributed by atoms with van der Waals surface area (Å²) >= 11 is 0. The summed E-state index contributed by atoms with van der Waals surface area (Å²) < 4.78 is 9.89. The molecule has 0 aromatic heterocycles. The van der Waals surface area contributed by atoms with E-state index in [4.69, 9.17) is 9.47 Å². The van der Waals surface area contributed by atoms with Gasteiger partial charge >= 0.3 is 0 Å². The lowest BCUT2D eigenvalue weighted by Gasteiger charge is -2.20. The number of aliphatic hydroxyl groups is 1. The predicted molar refractivity (Wildman–Crippen MR) is 58.1 cm³/mol. The van der Waals surface area contributed by atoms with E-state index < -0.39 is 5.60 Å². The molecule has 16 heavy (non-hydrogen) atoms. The monoisotopic (exact) mass is 232 g/mol. The standard InChI is InChI=1S/C10H20N2O4/c1-15-5-3-12-9(13)6-11-7-10(14)2-4-16-8-10/h11,14H,2-8H2,1H3,(H,12,13). The van der Waals surface area contributed by atoms with Crippen molar-refractivity contribution in [2.75, 3.05) is 46.6 Å². The zero-order chi connectivity index (χ0) is 11.9. The number of nitrogens with one attached hydrogen (secondary N) is 2. The van der Waals surface area contributed by atoms with Crippen molar-refractivity contribution in [2.45, 2.75) is 12.0 Å². The lowest BCUT2D eigenvalue weighted by Crippen LogP contribution is -2.44. The fourth-order valence-electron chi connectivity index (χ4n) is 1.50. The molecule has 0 aromatic rings. The van der Waals surface area contributed by atoms with Crippen LogP contribution in [0.1, 0.15) is 6.42 Å². The SMILES string of the molecule is COCCNC(=O)CNCC1(O)CCOC1. The summed E-state index contributed by atoms with van der Waals surface area (Å²) in [5, 5.41) is 15.5. The maximum atomic E-state index is 11.3. The van der Waals surface area contributed by atoms with Crippen molar-refractivity contribution in [3.05, 3.63) is 0 Å². The molecule has 1 amide bonds. The van der Waals surface area contributed by atoms with E-state index in [9.17, 15) is 9.90 Å². The number of methoxy groups -OCH3 is 1. The third kappa shape index (κ3) is 4.89. The Balaban J connectivity index is 2.03. The molecular weight excluding hydrogens is 212 g/mol. The highest BCUT2D eigenvalue weighted by Crippen LogP contribution is 2.16. The Labute approximate surface area is 95.3 Å². The normalized spacial score (nSPS) is 24.6. The first-order chi connectivity index (χ1) is 7.66. The number of carbonyl (C=O) groups excluding carboxylic acids is 1. The van der Waals surface area contributed by atoms with Gasteiger partial charge in [0.05, 0.1) is 19.8 Å². The van der Waals surface area contributed by atoms with Crippen molar-refractivity contribution in [1.29, 1.82) is 0 Å². The zero-order valence-electron chi connectivity index (χ0n) is 9.62. The van der Waals surface area contributed by atoms with Crippen molar-refractivity contribution < 1.29 is 19.4 Å². The third-order valence-electron chi connectivity index (χ3n) is 2.45. The van der Waals surface area contributed by atoms with Gasteiger partial charge in [-0.25, -0.2) is 0 Å². The molecule has 1 fully saturated rings. The Morgan fingerprint density at radius 1 is 1.62 bits per heavy atom. The zero-order valence-corrected chi connectivity index (χ0v) is 9.62. The Kier molecular flexibility index (Phi) is 5.68. The number of hydrogen-bond acceptors (Lipinski definition) is 5. The summed E-state index contributed by atoms with van der Waals surface area (Å²) in [7, 11) is 1.58. The van der Waals surface area contributed by atoms with Gasteiger partial charge in [0.2, 0.25) is 5.91 Å². The van der Waals surface area contributed by atoms with Gasteiger partial charge < -0.3 is 25.2 Å². The maximum absolute atomic E-state index is 11.3. The highest BCUT2D eigenvalue weighted by Gasteiger charge is 2.31. The number of amides is 1. The fourth-order valence-corrected chi connectivity index (χ4v) is 1.50. The highest BCUT2D eigenvalue weighted by molar-refractivity contribution is 5.77. The minimum absolute atomic E-state index is 0.0976. The van der Waals surface area contributed by atoms with E-state index in [0.29, 0.717) is 39.3 Å². The van der Waals surface area contributed by atoms with Gasteiger partial charge in [0, 0.05) is 33.2 Å². The van der Waals surface area contributed by atoms with Crippen LogP contribution in [-0.2, 0) is 14.3 Å². The minimum Gasteiger partial charge on any atom is -0.386 e. The molecule has 3 N–H and O–H groups in total. The fraction of sp³-hybridized carbons (Fsp3) is 0.900. The molecule has 1 saturated heterocycles. The number of rotatable bonds is 7. The Hall–Kier alpha value is -0.690. The van der Waals surface area contributed by atoms with E-state index in [1.54, 1.807) is 7.11 Å². The second-order valence-electron chi connectivity index (χ2n) is 3.97. The van der Waals surface area contributed by atoms with Crippen LogP contribution >= 0.6 is 0 Å². The molecule has 1 aliphatic heterocycles. The maximum Gasteiger partial charge on any atom is 0.234 e. The van der Waals surface area contributed by atoms with Crippen LogP contribution in [0.3, 0.4) is 0 Å². The molecule has 1 atom stereocenters. The Morgan fingerprint density at radius 2 is 2.44 bits per heavy atom. The van der Waals surface area contributed by atoms with E-state index in [1.165, 1.54) is 0 Å². The molecular formula is C10H20N2O4. The van der Waals surface area contributed by atoms with E-state index in [-0.39, 0.29) is 12.5 Å². The van der Waals surface area contributed by atoms with Gasteiger partial charge in [0.1, 0.15) is 5.60 Å². The van der Waals surface area contributed by atoms with Crippen molar-refractivity contribution in [1.82, 2.24) is 10.6 Å². The van der Waals surface area contributed by atoms with Crippen molar-refractivity contribution in [2.24, 2.45) is 0 Å². The quantitative estimate of drug-likeness (QED) is 0.465. The molecule has 0 aromatic carbocycles. The van der Waals surface area contributed by atoms with E-state index in [1.807, 2.05) is 0 Å². The summed E-state index contributed by atoms with van der Waals surface area (Å²) in [6.07, 6.45) is 0.616. The molecule has 0 aliphatic carbocycles. The van der Waals surface area contributed by atoms with Crippen LogP contribution in [0.2, 0.25) is 0 Å². The molecule has 1 rings (SSSR count). The molecule has 1 heterocycles. The first kappa shape index (κ1) is 13.4. The minimum atomic E-state index is -0.813. The van der Waals surface area contributed by atoms with E-state index in [2.05, 4.69) is 10.6 Å². The van der Waals surface area contributed by atoms with Gasteiger partial charge in [-0.15, -0.1) is 0 Å². The van der Waals surface area contributed by atoms with Crippen molar-refractivity contribution in [3.63, 3.8) is 0 Å². The summed E-state index contributed by atoms with van der Waals surface area (Å²) in [5.74, 6) is -0.0976. The summed E-state index contributed by atoms with van der Waals surface area (Å²) in [6.45, 7) is 2.51. The van der Waals surface area contributed by atoms with Gasteiger partial charge in [0.25, 0.3) is 0 Å². The molecule has 1 unspecified atom stereocenters. The molecule has 0 spiro atoms. The lowest BCUT2D eigenvalue weighted by molar-refractivity contribution is -0.120. The first-order valence-corrected chi connectivity index (χ1v) is 5.43. The average molecular weight is 232 g/mol. The van der Waals surface area contributed by atoms with Crippen molar-refractivity contribution >= 4 is 5.91 Å². The van der Waals surface area contributed by atoms with Crippen LogP contribution < -0.4 is 10.6 Å².